The summed E-state index contributed by atoms with van der Waals surface area (Å²) < 4.78 is 5.64. The van der Waals surface area contributed by atoms with Crippen LogP contribution in [0.3, 0.4) is 0 Å². The molecule has 2 aromatic carbocycles. The quantitative estimate of drug-likeness (QED) is 0.675. The second-order valence-corrected chi connectivity index (χ2v) is 9.10. The van der Waals surface area contributed by atoms with Crippen molar-refractivity contribution in [3.63, 3.8) is 0 Å². The number of carbonyl (C=O) groups excluding carboxylic acids is 1. The molecular weight excluding hydrogens is 398 g/mol. The number of benzene rings is 2. The molecule has 0 spiro atoms. The van der Waals surface area contributed by atoms with Gasteiger partial charge in [0.05, 0.1) is 12.3 Å². The van der Waals surface area contributed by atoms with Crippen molar-refractivity contribution in [3.05, 3.63) is 89.2 Å². The summed E-state index contributed by atoms with van der Waals surface area (Å²) in [4.78, 5) is 20.7. The highest BCUT2D eigenvalue weighted by Gasteiger charge is 2.55. The van der Waals surface area contributed by atoms with Gasteiger partial charge in [-0.1, -0.05) is 36.4 Å². The van der Waals surface area contributed by atoms with Crippen molar-refractivity contribution in [2.75, 3.05) is 31.6 Å². The van der Waals surface area contributed by atoms with Gasteiger partial charge in [0.2, 0.25) is 5.91 Å². The summed E-state index contributed by atoms with van der Waals surface area (Å²) in [5, 5.41) is 3.15. The molecule has 4 heterocycles. The molecule has 1 fully saturated rings. The smallest absolute Gasteiger partial charge is 0.241 e. The number of hydrogen-bond acceptors (Lipinski definition) is 4. The maximum Gasteiger partial charge on any atom is 0.241 e. The normalized spacial score (nSPS) is 24.1. The van der Waals surface area contributed by atoms with E-state index in [1.54, 1.807) is 6.20 Å². The average Bonchev–Trinajstić information content (AvgIpc) is 3.55. The Balaban J connectivity index is 1.26. The predicted octanol–water partition coefficient (Wildman–Crippen LogP) is 3.82. The third-order valence-electron chi connectivity index (χ3n) is 7.38. The number of aromatic nitrogens is 1. The van der Waals surface area contributed by atoms with Crippen molar-refractivity contribution in [1.82, 2.24) is 9.88 Å². The predicted molar refractivity (Wildman–Crippen MR) is 124 cm³/mol. The van der Waals surface area contributed by atoms with E-state index in [0.717, 1.165) is 68.2 Å². The van der Waals surface area contributed by atoms with Crippen LogP contribution < -0.4 is 10.1 Å². The Bertz CT molecular complexity index is 1160. The Hall–Kier alpha value is -3.18. The molecule has 0 bridgehead atoms. The monoisotopic (exact) mass is 425 g/mol. The zero-order valence-corrected chi connectivity index (χ0v) is 18.1. The SMILES string of the molecule is O=C1Nc2ccccc2C1(c1ccccn1)[C@@H]1CCN(CCc2ccc3c(c2)CCO3)C1. The highest BCUT2D eigenvalue weighted by molar-refractivity contribution is 6.08. The van der Waals surface area contributed by atoms with Gasteiger partial charge >= 0.3 is 0 Å². The molecule has 1 N–H and O–H groups in total. The van der Waals surface area contributed by atoms with Crippen LogP contribution in [0.4, 0.5) is 5.69 Å². The lowest BCUT2D eigenvalue weighted by molar-refractivity contribution is -0.121. The van der Waals surface area contributed by atoms with E-state index in [1.807, 2.05) is 36.4 Å². The van der Waals surface area contributed by atoms with Gasteiger partial charge in [-0.3, -0.25) is 9.78 Å². The first kappa shape index (κ1) is 19.5. The highest BCUT2D eigenvalue weighted by atomic mass is 16.5. The second kappa shape index (κ2) is 7.75. The summed E-state index contributed by atoms with van der Waals surface area (Å²) in [5.41, 5.74) is 4.80. The summed E-state index contributed by atoms with van der Waals surface area (Å²) in [6.07, 6.45) is 4.81. The second-order valence-electron chi connectivity index (χ2n) is 9.10. The fourth-order valence-corrected chi connectivity index (χ4v) is 5.82. The highest BCUT2D eigenvalue weighted by Crippen LogP contribution is 2.49. The van der Waals surface area contributed by atoms with Gasteiger partial charge in [0, 0.05) is 31.4 Å². The topological polar surface area (TPSA) is 54.5 Å². The lowest BCUT2D eigenvalue weighted by atomic mass is 9.68. The van der Waals surface area contributed by atoms with Gasteiger partial charge in [0.1, 0.15) is 11.2 Å². The molecule has 1 saturated heterocycles. The van der Waals surface area contributed by atoms with Crippen LogP contribution >= 0.6 is 0 Å². The molecule has 3 aromatic rings. The Kier molecular flexibility index (Phi) is 4.72. The maximum absolute atomic E-state index is 13.6. The Labute approximate surface area is 188 Å². The summed E-state index contributed by atoms with van der Waals surface area (Å²) in [6.45, 7) is 3.69. The fraction of sp³-hybridized carbons (Fsp3) is 0.333. The van der Waals surface area contributed by atoms with Gasteiger partial charge in [-0.15, -0.1) is 0 Å². The van der Waals surface area contributed by atoms with Crippen LogP contribution in [-0.2, 0) is 23.1 Å². The minimum atomic E-state index is -0.725. The molecule has 1 aromatic heterocycles. The molecule has 3 aliphatic heterocycles. The molecular formula is C27H27N3O2. The van der Waals surface area contributed by atoms with E-state index in [1.165, 1.54) is 11.1 Å². The molecule has 6 rings (SSSR count). The van der Waals surface area contributed by atoms with Gasteiger partial charge in [-0.25, -0.2) is 0 Å². The standard InChI is InChI=1S/C27H27N3O2/c31-26-27(25-7-3-4-13-28-25,22-5-1-2-6-23(22)29-26)21-11-15-30(18-21)14-10-19-8-9-24-20(17-19)12-16-32-24/h1-9,13,17,21H,10-12,14-16,18H2,(H,29,31)/t21-,27?/m1/s1. The molecule has 5 heteroatoms. The number of pyridine rings is 1. The van der Waals surface area contributed by atoms with Crippen molar-refractivity contribution in [2.45, 2.75) is 24.7 Å². The molecule has 1 amide bonds. The van der Waals surface area contributed by atoms with E-state index < -0.39 is 5.41 Å². The Morgan fingerprint density at radius 2 is 2.03 bits per heavy atom. The number of ether oxygens (including phenoxy) is 1. The molecule has 5 nitrogen and oxygen atoms in total. The van der Waals surface area contributed by atoms with Crippen LogP contribution in [-0.4, -0.2) is 42.0 Å². The van der Waals surface area contributed by atoms with E-state index in [-0.39, 0.29) is 11.8 Å². The summed E-state index contributed by atoms with van der Waals surface area (Å²) >= 11 is 0. The number of nitrogens with zero attached hydrogens (tertiary/aromatic N) is 2. The number of amides is 1. The van der Waals surface area contributed by atoms with E-state index in [9.17, 15) is 4.79 Å². The molecule has 0 saturated carbocycles. The fourth-order valence-electron chi connectivity index (χ4n) is 5.82. The molecule has 2 atom stereocenters. The Morgan fingerprint density at radius 3 is 2.94 bits per heavy atom. The molecule has 1 unspecified atom stereocenters. The lowest BCUT2D eigenvalue weighted by Gasteiger charge is -2.33. The zero-order chi connectivity index (χ0) is 21.5. The van der Waals surface area contributed by atoms with Gasteiger partial charge in [0.15, 0.2) is 0 Å². The summed E-state index contributed by atoms with van der Waals surface area (Å²) in [5.74, 6) is 1.29. The van der Waals surface area contributed by atoms with Gasteiger partial charge in [-0.05, 0) is 66.3 Å². The Morgan fingerprint density at radius 1 is 1.12 bits per heavy atom. The molecule has 32 heavy (non-hydrogen) atoms. The number of rotatable bonds is 5. The van der Waals surface area contributed by atoms with Crippen LogP contribution in [0.2, 0.25) is 0 Å². The summed E-state index contributed by atoms with van der Waals surface area (Å²) in [6, 6.07) is 20.6. The first-order chi connectivity index (χ1) is 15.7. The largest absolute Gasteiger partial charge is 0.493 e. The first-order valence-electron chi connectivity index (χ1n) is 11.5. The van der Waals surface area contributed by atoms with Gasteiger partial charge in [0.25, 0.3) is 0 Å². The third-order valence-corrected chi connectivity index (χ3v) is 7.38. The van der Waals surface area contributed by atoms with Gasteiger partial charge < -0.3 is 15.0 Å². The van der Waals surface area contributed by atoms with E-state index in [4.69, 9.17) is 4.74 Å². The van der Waals surface area contributed by atoms with E-state index in [2.05, 4.69) is 39.5 Å². The van der Waals surface area contributed by atoms with Gasteiger partial charge in [-0.2, -0.15) is 0 Å². The maximum atomic E-state index is 13.6. The average molecular weight is 426 g/mol. The number of carbonyl (C=O) groups is 1. The zero-order valence-electron chi connectivity index (χ0n) is 18.1. The number of nitrogens with one attached hydrogen (secondary N) is 1. The molecule has 162 valence electrons. The number of anilines is 1. The van der Waals surface area contributed by atoms with Crippen molar-refractivity contribution >= 4 is 11.6 Å². The van der Waals surface area contributed by atoms with Crippen molar-refractivity contribution in [2.24, 2.45) is 5.92 Å². The van der Waals surface area contributed by atoms with Crippen LogP contribution in [0, 0.1) is 5.92 Å². The number of para-hydroxylation sites is 1. The first-order valence-corrected chi connectivity index (χ1v) is 11.5. The third kappa shape index (κ3) is 3.03. The van der Waals surface area contributed by atoms with E-state index in [0.29, 0.717) is 0 Å². The lowest BCUT2D eigenvalue weighted by Crippen LogP contribution is -2.45. The minimum Gasteiger partial charge on any atom is -0.493 e. The minimum absolute atomic E-state index is 0.0582. The van der Waals surface area contributed by atoms with Crippen LogP contribution in [0.15, 0.2) is 66.9 Å². The van der Waals surface area contributed by atoms with Crippen LogP contribution in [0.5, 0.6) is 5.75 Å². The number of hydrogen-bond donors (Lipinski definition) is 1. The van der Waals surface area contributed by atoms with Crippen molar-refractivity contribution < 1.29 is 9.53 Å². The van der Waals surface area contributed by atoms with Crippen molar-refractivity contribution in [3.8, 4) is 5.75 Å². The number of fused-ring (bicyclic) bond motifs is 2. The number of likely N-dealkylation sites (tertiary alicyclic amines) is 1. The molecule has 3 aliphatic rings. The van der Waals surface area contributed by atoms with Crippen molar-refractivity contribution in [1.29, 1.82) is 0 Å². The van der Waals surface area contributed by atoms with E-state index >= 15 is 0 Å². The molecule has 0 aliphatic carbocycles. The summed E-state index contributed by atoms with van der Waals surface area (Å²) in [7, 11) is 0. The molecule has 0 radical (unpaired) electrons. The van der Waals surface area contributed by atoms with Crippen LogP contribution in [0.1, 0.15) is 28.8 Å². The van der Waals surface area contributed by atoms with Crippen LogP contribution in [0.25, 0.3) is 0 Å².